The quantitative estimate of drug-likeness (QED) is 0.0960. The third kappa shape index (κ3) is 8.21. The van der Waals surface area contributed by atoms with E-state index >= 15 is 0 Å². The Bertz CT molecular complexity index is 1350. The Kier molecular flexibility index (Phi) is 12.4. The van der Waals surface area contributed by atoms with Crippen LogP contribution in [-0.2, 0) is 14.3 Å². The number of esters is 1. The molecule has 0 aromatic heterocycles. The molecule has 7 N–H and O–H groups in total. The molecule has 0 spiro atoms. The largest absolute Gasteiger partial charge is 0.502 e. The van der Waals surface area contributed by atoms with Gasteiger partial charge in [-0.15, -0.1) is 0 Å². The van der Waals surface area contributed by atoms with Crippen LogP contribution < -0.4 is 45.9 Å². The lowest BCUT2D eigenvalue weighted by molar-refractivity contribution is -0.141. The summed E-state index contributed by atoms with van der Waals surface area (Å²) in [6.07, 6.45) is 4.55. The van der Waals surface area contributed by atoms with E-state index in [9.17, 15) is 14.7 Å². The van der Waals surface area contributed by atoms with Crippen LogP contribution in [0.15, 0.2) is 24.3 Å². The van der Waals surface area contributed by atoms with Crippen molar-refractivity contribution in [3.8, 4) is 28.7 Å². The zero-order valence-electron chi connectivity index (χ0n) is 27.4. The lowest BCUT2D eigenvalue weighted by Gasteiger charge is -2.39. The number of cyclic esters (lactones) is 1. The molecule has 2 aromatic rings. The van der Waals surface area contributed by atoms with Gasteiger partial charge in [-0.2, -0.15) is 0 Å². The highest BCUT2D eigenvalue weighted by molar-refractivity contribution is 5.81. The van der Waals surface area contributed by atoms with Crippen LogP contribution >= 0.6 is 0 Å². The van der Waals surface area contributed by atoms with Gasteiger partial charge in [-0.05, 0) is 106 Å². The van der Waals surface area contributed by atoms with E-state index in [1.54, 1.807) is 12.1 Å². The van der Waals surface area contributed by atoms with Gasteiger partial charge in [0.25, 0.3) is 0 Å². The van der Waals surface area contributed by atoms with E-state index in [2.05, 4.69) is 21.3 Å². The van der Waals surface area contributed by atoms with Gasteiger partial charge in [-0.1, -0.05) is 0 Å². The summed E-state index contributed by atoms with van der Waals surface area (Å²) in [7, 11) is 2.92. The van der Waals surface area contributed by atoms with Crippen LogP contribution in [0.1, 0.15) is 60.8 Å². The molecule has 2 heterocycles. The summed E-state index contributed by atoms with van der Waals surface area (Å²) in [5.41, 5.74) is 7.86. The number of carbonyl (C=O) groups is 2. The minimum absolute atomic E-state index is 0.0873. The van der Waals surface area contributed by atoms with Crippen molar-refractivity contribution in [2.45, 2.75) is 44.1 Å². The van der Waals surface area contributed by atoms with E-state index in [0.717, 1.165) is 76.1 Å². The summed E-state index contributed by atoms with van der Waals surface area (Å²) >= 11 is 0. The van der Waals surface area contributed by atoms with Crippen molar-refractivity contribution < 1.29 is 38.4 Å². The second kappa shape index (κ2) is 16.9. The number of benzene rings is 2. The molecular formula is C34H49N5O8. The number of amides is 1. The van der Waals surface area contributed by atoms with E-state index < -0.39 is 17.9 Å². The zero-order chi connectivity index (χ0) is 33.2. The standard InChI is InChI=1S/C34H49N5O8/c1-43-27-15-21(16-28(44-2)33(27)41)30-22-17-25-26(47-20-46-25)18-23(22)32(24-19-45-34(42)31(24)30)39-29(40)7-14-38-13-6-12-37-10-4-3-9-36-11-5-8-35/h15-18,24,30-32,36-38,41H,3-14,19-20,35H2,1-2H3,(H,39,40)/t24?,30-,31+,32?/m1/s1. The molecule has 5 rings (SSSR count). The van der Waals surface area contributed by atoms with Gasteiger partial charge in [0.1, 0.15) is 0 Å². The highest BCUT2D eigenvalue weighted by Crippen LogP contribution is 2.55. The molecule has 2 aliphatic heterocycles. The molecule has 2 unspecified atom stereocenters. The Morgan fingerprint density at radius 2 is 1.45 bits per heavy atom. The van der Waals surface area contributed by atoms with Gasteiger partial charge in [0.15, 0.2) is 23.0 Å². The molecule has 258 valence electrons. The molecule has 1 fully saturated rings. The number of hydrogen-bond donors (Lipinski definition) is 6. The van der Waals surface area contributed by atoms with Gasteiger partial charge >= 0.3 is 5.97 Å². The van der Waals surface area contributed by atoms with Gasteiger partial charge in [-0.25, -0.2) is 0 Å². The molecule has 0 saturated carbocycles. The Morgan fingerprint density at radius 1 is 0.851 bits per heavy atom. The molecule has 47 heavy (non-hydrogen) atoms. The maximum atomic E-state index is 13.3. The number of fused-ring (bicyclic) bond motifs is 3. The van der Waals surface area contributed by atoms with Crippen LogP contribution in [0.3, 0.4) is 0 Å². The van der Waals surface area contributed by atoms with Crippen LogP contribution in [0.4, 0.5) is 0 Å². The topological polar surface area (TPSA) is 175 Å². The highest BCUT2D eigenvalue weighted by Gasteiger charge is 2.53. The Hall–Kier alpha value is -3.78. The Morgan fingerprint density at radius 3 is 2.09 bits per heavy atom. The fourth-order valence-electron chi connectivity index (χ4n) is 6.73. The first-order valence-corrected chi connectivity index (χ1v) is 16.6. The maximum Gasteiger partial charge on any atom is 0.310 e. The number of nitrogens with two attached hydrogens (primary N) is 1. The smallest absolute Gasteiger partial charge is 0.310 e. The van der Waals surface area contributed by atoms with Crippen molar-refractivity contribution in [3.63, 3.8) is 0 Å². The third-order valence-electron chi connectivity index (χ3n) is 9.12. The van der Waals surface area contributed by atoms with Crippen molar-refractivity contribution in [3.05, 3.63) is 41.0 Å². The number of phenolic OH excluding ortho intramolecular Hbond substituents is 1. The summed E-state index contributed by atoms with van der Waals surface area (Å²) in [6, 6.07) is 6.73. The number of methoxy groups -OCH3 is 2. The monoisotopic (exact) mass is 655 g/mol. The molecule has 2 aromatic carbocycles. The number of carbonyl (C=O) groups excluding carboxylic acids is 2. The third-order valence-corrected chi connectivity index (χ3v) is 9.12. The van der Waals surface area contributed by atoms with Crippen molar-refractivity contribution >= 4 is 11.9 Å². The number of hydrogen-bond acceptors (Lipinski definition) is 12. The maximum absolute atomic E-state index is 13.3. The molecular weight excluding hydrogens is 606 g/mol. The molecule has 1 aliphatic carbocycles. The van der Waals surface area contributed by atoms with Crippen LogP contribution in [0.2, 0.25) is 0 Å². The van der Waals surface area contributed by atoms with Gasteiger partial charge in [-0.3, -0.25) is 9.59 Å². The number of rotatable bonds is 19. The van der Waals surface area contributed by atoms with Crippen LogP contribution in [0, 0.1) is 11.8 Å². The number of ether oxygens (including phenoxy) is 5. The zero-order valence-corrected chi connectivity index (χ0v) is 27.4. The summed E-state index contributed by atoms with van der Waals surface area (Å²) < 4.78 is 27.9. The molecule has 13 nitrogen and oxygen atoms in total. The van der Waals surface area contributed by atoms with Crippen molar-refractivity contribution in [2.24, 2.45) is 17.6 Å². The van der Waals surface area contributed by atoms with Gasteiger partial charge in [0.05, 0.1) is 32.8 Å². The summed E-state index contributed by atoms with van der Waals surface area (Å²) in [4.78, 5) is 26.6. The number of nitrogens with one attached hydrogen (secondary N) is 4. The van der Waals surface area contributed by atoms with Gasteiger partial charge < -0.3 is 55.8 Å². The first-order valence-electron chi connectivity index (χ1n) is 16.6. The summed E-state index contributed by atoms with van der Waals surface area (Å²) in [6.45, 7) is 6.26. The summed E-state index contributed by atoms with van der Waals surface area (Å²) in [5, 5.41) is 24.0. The van der Waals surface area contributed by atoms with Gasteiger partial charge in [0.2, 0.25) is 18.4 Å². The summed E-state index contributed by atoms with van der Waals surface area (Å²) in [5.74, 6) is -0.367. The van der Waals surface area contributed by atoms with E-state index in [4.69, 9.17) is 29.4 Å². The average Bonchev–Trinajstić information content (AvgIpc) is 3.70. The fourth-order valence-corrected chi connectivity index (χ4v) is 6.73. The SMILES string of the molecule is COc1cc([C@@H]2c3cc4c(cc3C(NC(=O)CCNCCCNCCCCNCCCN)C3COC(=O)[C@@H]32)OCO4)cc(OC)c1O. The lowest BCUT2D eigenvalue weighted by atomic mass is 9.65. The van der Waals surface area contributed by atoms with Crippen LogP contribution in [-0.4, -0.2) is 90.4 Å². The van der Waals surface area contributed by atoms with E-state index in [-0.39, 0.29) is 48.4 Å². The number of aromatic hydroxyl groups is 1. The molecule has 4 atom stereocenters. The normalized spacial score (nSPS) is 20.8. The van der Waals surface area contributed by atoms with E-state index in [0.29, 0.717) is 30.0 Å². The highest BCUT2D eigenvalue weighted by atomic mass is 16.7. The first kappa shape index (κ1) is 34.6. The Balaban J connectivity index is 1.20. The van der Waals surface area contributed by atoms with Gasteiger partial charge in [0, 0.05) is 24.8 Å². The second-order valence-corrected chi connectivity index (χ2v) is 12.2. The van der Waals surface area contributed by atoms with E-state index in [1.165, 1.54) is 14.2 Å². The molecule has 0 radical (unpaired) electrons. The fraction of sp³-hybridized carbons (Fsp3) is 0.588. The minimum Gasteiger partial charge on any atom is -0.502 e. The number of unbranched alkanes of at least 4 members (excludes halogenated alkanes) is 1. The predicted octanol–water partition coefficient (Wildman–Crippen LogP) is 1.91. The number of phenols is 1. The molecule has 1 saturated heterocycles. The molecule has 1 amide bonds. The molecule has 0 bridgehead atoms. The lowest BCUT2D eigenvalue weighted by Crippen LogP contribution is -2.43. The van der Waals surface area contributed by atoms with Crippen molar-refractivity contribution in [1.82, 2.24) is 21.3 Å². The van der Waals surface area contributed by atoms with Crippen LogP contribution in [0.25, 0.3) is 0 Å². The van der Waals surface area contributed by atoms with E-state index in [1.807, 2.05) is 12.1 Å². The minimum atomic E-state index is -0.592. The van der Waals surface area contributed by atoms with Crippen molar-refractivity contribution in [1.29, 1.82) is 0 Å². The second-order valence-electron chi connectivity index (χ2n) is 12.2. The first-order chi connectivity index (χ1) is 23.0. The average molecular weight is 656 g/mol. The Labute approximate surface area is 276 Å². The predicted molar refractivity (Wildman–Crippen MR) is 175 cm³/mol. The molecule has 13 heteroatoms. The van der Waals surface area contributed by atoms with Crippen molar-refractivity contribution in [2.75, 3.05) is 73.4 Å². The van der Waals surface area contributed by atoms with Crippen LogP contribution in [0.5, 0.6) is 28.7 Å². The molecule has 3 aliphatic rings.